The van der Waals surface area contributed by atoms with Gasteiger partial charge in [-0.15, -0.1) is 0 Å². The number of hydrogen-bond donors (Lipinski definition) is 0. The Kier molecular flexibility index (Phi) is 8.07. The molecule has 2 aliphatic rings. The lowest BCUT2D eigenvalue weighted by molar-refractivity contribution is 0.0621. The van der Waals surface area contributed by atoms with Gasteiger partial charge in [-0.25, -0.2) is 0 Å². The molecule has 0 aromatic rings. The zero-order valence-corrected chi connectivity index (χ0v) is 17.2. The lowest BCUT2D eigenvalue weighted by atomic mass is 9.60. The predicted molar refractivity (Wildman–Crippen MR) is 107 cm³/mol. The third-order valence-electron chi connectivity index (χ3n) is 7.09. The number of nitrogens with zero attached hydrogens (tertiary/aromatic N) is 2. The molecule has 1 heterocycles. The maximum Gasteiger partial charge on any atom is 0.00385 e. The van der Waals surface area contributed by atoms with Crippen LogP contribution in [0.3, 0.4) is 0 Å². The van der Waals surface area contributed by atoms with E-state index in [0.717, 1.165) is 5.41 Å². The Bertz CT molecular complexity index is 332. The first kappa shape index (κ1) is 20.2. The van der Waals surface area contributed by atoms with E-state index in [-0.39, 0.29) is 0 Å². The van der Waals surface area contributed by atoms with Crippen molar-refractivity contribution in [2.45, 2.75) is 90.9 Å². The van der Waals surface area contributed by atoms with Gasteiger partial charge < -0.3 is 9.80 Å². The highest BCUT2D eigenvalue weighted by atomic mass is 15.2. The van der Waals surface area contributed by atoms with Crippen LogP contribution in [0.15, 0.2) is 0 Å². The summed E-state index contributed by atoms with van der Waals surface area (Å²) in [7, 11) is 4.39. The predicted octanol–water partition coefficient (Wildman–Crippen LogP) is 5.57. The van der Waals surface area contributed by atoms with Gasteiger partial charge in [0, 0.05) is 6.54 Å². The van der Waals surface area contributed by atoms with Gasteiger partial charge in [0.1, 0.15) is 0 Å². The van der Waals surface area contributed by atoms with E-state index < -0.39 is 0 Å². The molecule has 0 N–H and O–H groups in total. The van der Waals surface area contributed by atoms with Gasteiger partial charge in [-0.1, -0.05) is 39.5 Å². The van der Waals surface area contributed by atoms with Crippen LogP contribution in [0.2, 0.25) is 0 Å². The van der Waals surface area contributed by atoms with E-state index in [1.54, 1.807) is 0 Å². The van der Waals surface area contributed by atoms with Crippen molar-refractivity contribution in [2.24, 2.45) is 10.8 Å². The third-order valence-corrected chi connectivity index (χ3v) is 7.09. The van der Waals surface area contributed by atoms with E-state index >= 15 is 0 Å². The van der Waals surface area contributed by atoms with Gasteiger partial charge in [-0.3, -0.25) is 0 Å². The number of hydrogen-bond acceptors (Lipinski definition) is 2. The molecule has 1 aliphatic carbocycles. The van der Waals surface area contributed by atoms with Crippen molar-refractivity contribution in [1.82, 2.24) is 9.80 Å². The normalized spacial score (nSPS) is 23.4. The molecule has 0 bridgehead atoms. The summed E-state index contributed by atoms with van der Waals surface area (Å²) >= 11 is 0. The second-order valence-electron chi connectivity index (χ2n) is 9.39. The van der Waals surface area contributed by atoms with E-state index in [2.05, 4.69) is 37.7 Å². The van der Waals surface area contributed by atoms with Crippen LogP contribution in [0, 0.1) is 10.8 Å². The Hall–Kier alpha value is -0.0800. The van der Waals surface area contributed by atoms with Crippen molar-refractivity contribution >= 4 is 0 Å². The Morgan fingerprint density at radius 1 is 0.833 bits per heavy atom. The average molecular weight is 337 g/mol. The minimum atomic E-state index is 0.694. The second-order valence-corrected chi connectivity index (χ2v) is 9.39. The van der Waals surface area contributed by atoms with Crippen LogP contribution in [0.4, 0.5) is 0 Å². The lowest BCUT2D eigenvalue weighted by Gasteiger charge is -2.45. The van der Waals surface area contributed by atoms with Crippen LogP contribution in [-0.4, -0.2) is 50.1 Å². The summed E-state index contributed by atoms with van der Waals surface area (Å²) in [5, 5.41) is 0. The topological polar surface area (TPSA) is 6.48 Å². The van der Waals surface area contributed by atoms with Crippen molar-refractivity contribution in [3.05, 3.63) is 0 Å². The molecule has 1 saturated heterocycles. The largest absolute Gasteiger partial charge is 0.309 e. The Morgan fingerprint density at radius 2 is 1.46 bits per heavy atom. The quantitative estimate of drug-likeness (QED) is 0.514. The first-order valence-corrected chi connectivity index (χ1v) is 10.9. The first-order chi connectivity index (χ1) is 11.5. The highest BCUT2D eigenvalue weighted by Gasteiger charge is 2.45. The molecule has 0 aromatic heterocycles. The minimum Gasteiger partial charge on any atom is -0.309 e. The molecule has 0 radical (unpaired) electrons. The fraction of sp³-hybridized carbons (Fsp3) is 1.00. The van der Waals surface area contributed by atoms with E-state index in [1.165, 1.54) is 103 Å². The summed E-state index contributed by atoms with van der Waals surface area (Å²) in [6, 6.07) is 0. The van der Waals surface area contributed by atoms with Crippen LogP contribution >= 0.6 is 0 Å². The van der Waals surface area contributed by atoms with Crippen molar-refractivity contribution in [1.29, 1.82) is 0 Å². The summed E-state index contributed by atoms with van der Waals surface area (Å²) in [6.07, 6.45) is 17.6. The van der Waals surface area contributed by atoms with Crippen LogP contribution < -0.4 is 0 Å². The number of unbranched alkanes of at least 4 members (excludes halogenated alkanes) is 2. The molecule has 1 spiro atoms. The van der Waals surface area contributed by atoms with Gasteiger partial charge in [0.2, 0.25) is 0 Å². The smallest absolute Gasteiger partial charge is 0.00385 e. The third kappa shape index (κ3) is 5.73. The number of likely N-dealkylation sites (tertiary alicyclic amines) is 1. The zero-order valence-electron chi connectivity index (χ0n) is 17.2. The fourth-order valence-electron chi connectivity index (χ4n) is 5.28. The second kappa shape index (κ2) is 9.57. The summed E-state index contributed by atoms with van der Waals surface area (Å²) in [4.78, 5) is 5.09. The standard InChI is InChI=1S/C22H44N2/c1-5-7-10-21(11-8-6-2)12-14-22(15-13-21)16-19-24(20-22)18-9-17-23(3)4/h5-20H2,1-4H3. The molecule has 2 rings (SSSR count). The molecule has 2 nitrogen and oxygen atoms in total. The maximum atomic E-state index is 2.77. The molecule has 2 heteroatoms. The van der Waals surface area contributed by atoms with Crippen molar-refractivity contribution in [3.8, 4) is 0 Å². The average Bonchev–Trinajstić information content (AvgIpc) is 2.96. The summed E-state index contributed by atoms with van der Waals surface area (Å²) in [5.41, 5.74) is 1.41. The molecule has 0 amide bonds. The Morgan fingerprint density at radius 3 is 2.00 bits per heavy atom. The zero-order chi connectivity index (χ0) is 17.5. The molecule has 0 unspecified atom stereocenters. The van der Waals surface area contributed by atoms with Gasteiger partial charge in [0.15, 0.2) is 0 Å². The maximum absolute atomic E-state index is 2.77. The molecule has 0 atom stereocenters. The molecular weight excluding hydrogens is 292 g/mol. The van der Waals surface area contributed by atoms with Crippen molar-refractivity contribution < 1.29 is 0 Å². The molecule has 1 saturated carbocycles. The van der Waals surface area contributed by atoms with Gasteiger partial charge >= 0.3 is 0 Å². The van der Waals surface area contributed by atoms with E-state index in [9.17, 15) is 0 Å². The Labute approximate surface area is 152 Å². The van der Waals surface area contributed by atoms with E-state index in [0.29, 0.717) is 5.41 Å². The summed E-state index contributed by atoms with van der Waals surface area (Å²) < 4.78 is 0. The molecule has 0 aromatic carbocycles. The first-order valence-electron chi connectivity index (χ1n) is 10.9. The SMILES string of the molecule is CCCCC1(CCCC)CCC2(CCN(CCCN(C)C)C2)CC1. The fourth-order valence-corrected chi connectivity index (χ4v) is 5.28. The summed E-state index contributed by atoms with van der Waals surface area (Å²) in [6.45, 7) is 10.0. The molecule has 142 valence electrons. The van der Waals surface area contributed by atoms with Crippen molar-refractivity contribution in [2.75, 3.05) is 40.3 Å². The van der Waals surface area contributed by atoms with E-state index in [4.69, 9.17) is 0 Å². The molecule has 24 heavy (non-hydrogen) atoms. The molecule has 1 aliphatic heterocycles. The van der Waals surface area contributed by atoms with Gasteiger partial charge in [-0.2, -0.15) is 0 Å². The summed E-state index contributed by atoms with van der Waals surface area (Å²) in [5.74, 6) is 0. The van der Waals surface area contributed by atoms with Crippen LogP contribution in [0.5, 0.6) is 0 Å². The molecular formula is C22H44N2. The highest BCUT2D eigenvalue weighted by molar-refractivity contribution is 4.97. The van der Waals surface area contributed by atoms with Crippen LogP contribution in [-0.2, 0) is 0 Å². The van der Waals surface area contributed by atoms with Crippen LogP contribution in [0.1, 0.15) is 90.9 Å². The molecule has 2 fully saturated rings. The van der Waals surface area contributed by atoms with Gasteiger partial charge in [-0.05, 0) is 95.9 Å². The Balaban J connectivity index is 1.81. The van der Waals surface area contributed by atoms with Gasteiger partial charge in [0.25, 0.3) is 0 Å². The van der Waals surface area contributed by atoms with Gasteiger partial charge in [0.05, 0.1) is 0 Å². The minimum absolute atomic E-state index is 0.694. The highest BCUT2D eigenvalue weighted by Crippen LogP contribution is 2.53. The monoisotopic (exact) mass is 336 g/mol. The van der Waals surface area contributed by atoms with E-state index in [1.807, 2.05) is 0 Å². The lowest BCUT2D eigenvalue weighted by Crippen LogP contribution is -2.37. The van der Waals surface area contributed by atoms with Crippen molar-refractivity contribution in [3.63, 3.8) is 0 Å². The number of rotatable bonds is 10. The van der Waals surface area contributed by atoms with Crippen LogP contribution in [0.25, 0.3) is 0 Å².